The number of pyridine rings is 1. The minimum atomic E-state index is 0.165. The Balaban J connectivity index is 1.85. The first-order chi connectivity index (χ1) is 9.74. The molecule has 0 unspecified atom stereocenters. The van der Waals surface area contributed by atoms with Crippen molar-refractivity contribution in [2.45, 2.75) is 39.0 Å². The number of carbonyl (C=O) groups excluding carboxylic acids is 1. The number of hydrogen-bond donors (Lipinski definition) is 1. The molecule has 3 rings (SSSR count). The Bertz CT molecular complexity index is 630. The van der Waals surface area contributed by atoms with E-state index in [9.17, 15) is 4.79 Å². The minimum absolute atomic E-state index is 0.165. The Hall–Kier alpha value is -1.90. The van der Waals surface area contributed by atoms with Crippen LogP contribution in [0.1, 0.15) is 37.8 Å². The molecule has 1 aromatic carbocycles. The van der Waals surface area contributed by atoms with Crippen LogP contribution in [0.3, 0.4) is 0 Å². The molecule has 3 heteroatoms. The van der Waals surface area contributed by atoms with Gasteiger partial charge in [0.15, 0.2) is 0 Å². The fourth-order valence-electron chi connectivity index (χ4n) is 2.97. The fourth-order valence-corrected chi connectivity index (χ4v) is 2.97. The van der Waals surface area contributed by atoms with E-state index in [2.05, 4.69) is 10.3 Å². The zero-order chi connectivity index (χ0) is 13.9. The van der Waals surface area contributed by atoms with Gasteiger partial charge in [0, 0.05) is 17.0 Å². The van der Waals surface area contributed by atoms with Crippen LogP contribution >= 0.6 is 0 Å². The van der Waals surface area contributed by atoms with E-state index >= 15 is 0 Å². The minimum Gasteiger partial charge on any atom is -0.325 e. The third-order valence-electron chi connectivity index (χ3n) is 4.10. The first-order valence-corrected chi connectivity index (χ1v) is 7.41. The first-order valence-electron chi connectivity index (χ1n) is 7.41. The number of fused-ring (bicyclic) bond motifs is 1. The highest BCUT2D eigenvalue weighted by Gasteiger charge is 2.21. The quantitative estimate of drug-likeness (QED) is 0.892. The lowest BCUT2D eigenvalue weighted by Crippen LogP contribution is -2.24. The van der Waals surface area contributed by atoms with Crippen molar-refractivity contribution in [1.82, 2.24) is 4.98 Å². The number of nitrogens with one attached hydrogen (secondary N) is 1. The highest BCUT2D eigenvalue weighted by Crippen LogP contribution is 2.27. The van der Waals surface area contributed by atoms with E-state index in [1.807, 2.05) is 37.3 Å². The molecule has 2 aromatic rings. The number of nitrogens with zero attached hydrogens (tertiary/aromatic N) is 1. The zero-order valence-electron chi connectivity index (χ0n) is 11.9. The van der Waals surface area contributed by atoms with Gasteiger partial charge in [0.05, 0.1) is 11.2 Å². The number of benzene rings is 1. The van der Waals surface area contributed by atoms with Crippen molar-refractivity contribution in [2.75, 3.05) is 5.32 Å². The SMILES string of the molecule is Cc1ccc2c(NC(=O)C3CCCCC3)cccc2n1. The normalized spacial score (nSPS) is 16.2. The average molecular weight is 268 g/mol. The highest BCUT2D eigenvalue weighted by molar-refractivity contribution is 6.01. The van der Waals surface area contributed by atoms with Crippen molar-refractivity contribution < 1.29 is 4.79 Å². The van der Waals surface area contributed by atoms with E-state index in [4.69, 9.17) is 0 Å². The molecule has 0 radical (unpaired) electrons. The van der Waals surface area contributed by atoms with Crippen molar-refractivity contribution in [2.24, 2.45) is 5.92 Å². The van der Waals surface area contributed by atoms with Crippen molar-refractivity contribution in [3.05, 3.63) is 36.0 Å². The van der Waals surface area contributed by atoms with Gasteiger partial charge in [0.25, 0.3) is 0 Å². The molecule has 1 amide bonds. The van der Waals surface area contributed by atoms with Crippen LogP contribution in [0.15, 0.2) is 30.3 Å². The Morgan fingerprint density at radius 2 is 1.95 bits per heavy atom. The van der Waals surface area contributed by atoms with Crippen LogP contribution in [0.5, 0.6) is 0 Å². The lowest BCUT2D eigenvalue weighted by molar-refractivity contribution is -0.120. The first kappa shape index (κ1) is 13.1. The molecule has 1 saturated carbocycles. The van der Waals surface area contributed by atoms with Gasteiger partial charge in [-0.3, -0.25) is 9.78 Å². The Morgan fingerprint density at radius 3 is 2.75 bits per heavy atom. The largest absolute Gasteiger partial charge is 0.325 e. The molecule has 0 aliphatic heterocycles. The van der Waals surface area contributed by atoms with E-state index < -0.39 is 0 Å². The Labute approximate surface area is 119 Å². The van der Waals surface area contributed by atoms with Crippen LogP contribution in [0, 0.1) is 12.8 Å². The molecule has 0 spiro atoms. The maximum atomic E-state index is 12.3. The molecule has 104 valence electrons. The molecular formula is C17H20N2O. The van der Waals surface area contributed by atoms with Crippen LogP contribution in [-0.2, 0) is 4.79 Å². The number of hydrogen-bond acceptors (Lipinski definition) is 2. The fraction of sp³-hybridized carbons (Fsp3) is 0.412. The molecule has 1 aliphatic carbocycles. The lowest BCUT2D eigenvalue weighted by Gasteiger charge is -2.21. The predicted octanol–water partition coefficient (Wildman–Crippen LogP) is 4.06. The summed E-state index contributed by atoms with van der Waals surface area (Å²) in [4.78, 5) is 16.9. The highest BCUT2D eigenvalue weighted by atomic mass is 16.1. The third kappa shape index (κ3) is 2.67. The molecule has 1 aromatic heterocycles. The van der Waals surface area contributed by atoms with E-state index in [-0.39, 0.29) is 11.8 Å². The molecule has 0 bridgehead atoms. The number of rotatable bonds is 2. The second-order valence-electron chi connectivity index (χ2n) is 5.65. The number of aromatic nitrogens is 1. The van der Waals surface area contributed by atoms with Crippen molar-refractivity contribution in [1.29, 1.82) is 0 Å². The van der Waals surface area contributed by atoms with Gasteiger partial charge < -0.3 is 5.32 Å². The van der Waals surface area contributed by atoms with Crippen LogP contribution < -0.4 is 5.32 Å². The van der Waals surface area contributed by atoms with E-state index in [1.165, 1.54) is 19.3 Å². The molecule has 0 saturated heterocycles. The molecule has 3 nitrogen and oxygen atoms in total. The van der Waals surface area contributed by atoms with Crippen LogP contribution in [0.25, 0.3) is 10.9 Å². The summed E-state index contributed by atoms with van der Waals surface area (Å²) in [5.74, 6) is 0.343. The van der Waals surface area contributed by atoms with Gasteiger partial charge in [-0.2, -0.15) is 0 Å². The summed E-state index contributed by atoms with van der Waals surface area (Å²) < 4.78 is 0. The zero-order valence-corrected chi connectivity index (χ0v) is 11.9. The predicted molar refractivity (Wildman–Crippen MR) is 81.7 cm³/mol. The summed E-state index contributed by atoms with van der Waals surface area (Å²) >= 11 is 0. The molecule has 20 heavy (non-hydrogen) atoms. The van der Waals surface area contributed by atoms with E-state index in [0.717, 1.165) is 35.1 Å². The maximum Gasteiger partial charge on any atom is 0.227 e. The smallest absolute Gasteiger partial charge is 0.227 e. The Morgan fingerprint density at radius 1 is 1.15 bits per heavy atom. The van der Waals surface area contributed by atoms with Gasteiger partial charge in [-0.1, -0.05) is 25.3 Å². The number of anilines is 1. The van der Waals surface area contributed by atoms with E-state index in [1.54, 1.807) is 0 Å². The van der Waals surface area contributed by atoms with Crippen LogP contribution in [0.2, 0.25) is 0 Å². The van der Waals surface area contributed by atoms with Crippen LogP contribution in [0.4, 0.5) is 5.69 Å². The van der Waals surface area contributed by atoms with Gasteiger partial charge in [-0.05, 0) is 44.0 Å². The van der Waals surface area contributed by atoms with Gasteiger partial charge in [0.2, 0.25) is 5.91 Å². The van der Waals surface area contributed by atoms with Gasteiger partial charge in [-0.15, -0.1) is 0 Å². The summed E-state index contributed by atoms with van der Waals surface area (Å²) in [6.45, 7) is 1.98. The monoisotopic (exact) mass is 268 g/mol. The molecular weight excluding hydrogens is 248 g/mol. The third-order valence-corrected chi connectivity index (χ3v) is 4.10. The molecule has 1 aliphatic rings. The summed E-state index contributed by atoms with van der Waals surface area (Å²) in [6, 6.07) is 9.91. The van der Waals surface area contributed by atoms with Gasteiger partial charge >= 0.3 is 0 Å². The second kappa shape index (κ2) is 5.61. The summed E-state index contributed by atoms with van der Waals surface area (Å²) in [5, 5.41) is 4.11. The lowest BCUT2D eigenvalue weighted by atomic mass is 9.88. The number of amides is 1. The summed E-state index contributed by atoms with van der Waals surface area (Å²) in [6.07, 6.45) is 5.66. The van der Waals surface area contributed by atoms with Crippen molar-refractivity contribution >= 4 is 22.5 Å². The molecule has 1 fully saturated rings. The number of aryl methyl sites for hydroxylation is 1. The topological polar surface area (TPSA) is 42.0 Å². The molecule has 1 N–H and O–H groups in total. The number of carbonyl (C=O) groups is 1. The van der Waals surface area contributed by atoms with E-state index in [0.29, 0.717) is 0 Å². The van der Waals surface area contributed by atoms with Crippen molar-refractivity contribution in [3.8, 4) is 0 Å². The van der Waals surface area contributed by atoms with Crippen LogP contribution in [-0.4, -0.2) is 10.9 Å². The standard InChI is InChI=1S/C17H20N2O/c1-12-10-11-14-15(18-12)8-5-9-16(14)19-17(20)13-6-3-2-4-7-13/h5,8-11,13H,2-4,6-7H2,1H3,(H,19,20). The Kier molecular flexibility index (Phi) is 3.68. The van der Waals surface area contributed by atoms with Gasteiger partial charge in [-0.25, -0.2) is 0 Å². The molecule has 1 heterocycles. The maximum absolute atomic E-state index is 12.3. The van der Waals surface area contributed by atoms with Crippen molar-refractivity contribution in [3.63, 3.8) is 0 Å². The average Bonchev–Trinajstić information content (AvgIpc) is 2.48. The second-order valence-corrected chi connectivity index (χ2v) is 5.65. The molecule has 0 atom stereocenters. The van der Waals surface area contributed by atoms with Gasteiger partial charge in [0.1, 0.15) is 0 Å². The summed E-state index contributed by atoms with van der Waals surface area (Å²) in [5.41, 5.74) is 2.81. The summed E-state index contributed by atoms with van der Waals surface area (Å²) in [7, 11) is 0.